The van der Waals surface area contributed by atoms with Crippen molar-refractivity contribution in [1.82, 2.24) is 0 Å². The molecule has 0 aliphatic rings. The summed E-state index contributed by atoms with van der Waals surface area (Å²) in [5.74, 6) is 0.450. The molecule has 95 valence electrons. The van der Waals surface area contributed by atoms with Crippen LogP contribution < -0.4 is 0 Å². The summed E-state index contributed by atoms with van der Waals surface area (Å²) in [6.07, 6.45) is 8.85. The predicted octanol–water partition coefficient (Wildman–Crippen LogP) is 4.29. The van der Waals surface area contributed by atoms with E-state index in [-0.39, 0.29) is 22.4 Å². The number of unbranched alkanes of at least 4 members (excludes halogenated alkanes) is 5. The number of aryl methyl sites for hydroxylation is 1. The Balaban J connectivity index is 0.00000225. The SMILES string of the molecule is CCCCCCCCc1ccccc1O.[Ag]. The number of para-hydroxylation sites is 1. The maximum Gasteiger partial charge on any atom is 0.118 e. The first kappa shape index (κ1) is 15.8. The van der Waals surface area contributed by atoms with Crippen molar-refractivity contribution in [2.75, 3.05) is 0 Å². The monoisotopic (exact) mass is 313 g/mol. The van der Waals surface area contributed by atoms with Crippen LogP contribution >= 0.6 is 0 Å². The van der Waals surface area contributed by atoms with E-state index in [1.54, 1.807) is 6.07 Å². The van der Waals surface area contributed by atoms with Gasteiger partial charge in [-0.25, -0.2) is 0 Å². The van der Waals surface area contributed by atoms with Gasteiger partial charge in [0.2, 0.25) is 0 Å². The van der Waals surface area contributed by atoms with Crippen molar-refractivity contribution < 1.29 is 27.5 Å². The molecule has 0 spiro atoms. The van der Waals surface area contributed by atoms with Gasteiger partial charge in [-0.15, -0.1) is 0 Å². The largest absolute Gasteiger partial charge is 0.508 e. The zero-order chi connectivity index (χ0) is 10.9. The van der Waals surface area contributed by atoms with Gasteiger partial charge in [-0.05, 0) is 24.5 Å². The first-order valence-corrected chi connectivity index (χ1v) is 6.11. The third kappa shape index (κ3) is 6.37. The molecule has 16 heavy (non-hydrogen) atoms. The van der Waals surface area contributed by atoms with Gasteiger partial charge in [-0.3, -0.25) is 0 Å². The minimum Gasteiger partial charge on any atom is -0.508 e. The number of hydrogen-bond donors (Lipinski definition) is 1. The maximum atomic E-state index is 9.55. The molecule has 0 bridgehead atoms. The van der Waals surface area contributed by atoms with Gasteiger partial charge in [0, 0.05) is 22.4 Å². The topological polar surface area (TPSA) is 20.2 Å². The number of aromatic hydroxyl groups is 1. The van der Waals surface area contributed by atoms with Crippen molar-refractivity contribution in [2.45, 2.75) is 51.9 Å². The molecule has 0 fully saturated rings. The normalized spacial score (nSPS) is 9.81. The van der Waals surface area contributed by atoms with E-state index in [1.807, 2.05) is 18.2 Å². The van der Waals surface area contributed by atoms with Crippen molar-refractivity contribution in [3.8, 4) is 5.75 Å². The van der Waals surface area contributed by atoms with Crippen LogP contribution in [0, 0.1) is 0 Å². The Hall–Kier alpha value is -0.240. The van der Waals surface area contributed by atoms with Crippen LogP contribution in [0.15, 0.2) is 24.3 Å². The van der Waals surface area contributed by atoms with E-state index in [0.717, 1.165) is 12.0 Å². The minimum atomic E-state index is 0. The summed E-state index contributed by atoms with van der Waals surface area (Å²) in [5.41, 5.74) is 1.09. The molecule has 0 aliphatic carbocycles. The molecular formula is C14H22AgO. The quantitative estimate of drug-likeness (QED) is 0.588. The standard InChI is InChI=1S/C14H22O.Ag/c1-2-3-4-5-6-7-10-13-11-8-9-12-14(13)15;/h8-9,11-12,15H,2-7,10H2,1H3;. The average molecular weight is 314 g/mol. The number of hydrogen-bond acceptors (Lipinski definition) is 1. The van der Waals surface area contributed by atoms with Crippen molar-refractivity contribution >= 4 is 0 Å². The van der Waals surface area contributed by atoms with E-state index >= 15 is 0 Å². The second kappa shape index (κ2) is 9.95. The number of benzene rings is 1. The van der Waals surface area contributed by atoms with E-state index < -0.39 is 0 Å². The van der Waals surface area contributed by atoms with Gasteiger partial charge in [0.15, 0.2) is 0 Å². The molecule has 1 aromatic carbocycles. The van der Waals surface area contributed by atoms with E-state index in [2.05, 4.69) is 6.92 Å². The summed E-state index contributed by atoms with van der Waals surface area (Å²) in [5, 5.41) is 9.55. The smallest absolute Gasteiger partial charge is 0.118 e. The second-order valence-electron chi connectivity index (χ2n) is 4.15. The van der Waals surface area contributed by atoms with Crippen LogP contribution in [0.2, 0.25) is 0 Å². The molecule has 2 heteroatoms. The van der Waals surface area contributed by atoms with Crippen molar-refractivity contribution in [2.24, 2.45) is 0 Å². The van der Waals surface area contributed by atoms with E-state index in [9.17, 15) is 5.11 Å². The Morgan fingerprint density at radius 3 is 2.25 bits per heavy atom. The Bertz CT molecular complexity index is 273. The zero-order valence-corrected chi connectivity index (χ0v) is 11.5. The number of rotatable bonds is 7. The first-order valence-electron chi connectivity index (χ1n) is 6.11. The summed E-state index contributed by atoms with van der Waals surface area (Å²) in [6.45, 7) is 2.24. The molecule has 0 saturated heterocycles. The molecule has 0 unspecified atom stereocenters. The Kier molecular flexibility index (Phi) is 9.80. The Morgan fingerprint density at radius 2 is 1.56 bits per heavy atom. The van der Waals surface area contributed by atoms with Crippen LogP contribution in [-0.4, -0.2) is 5.11 Å². The Morgan fingerprint density at radius 1 is 0.938 bits per heavy atom. The molecule has 1 aromatic rings. The first-order chi connectivity index (χ1) is 7.34. The molecule has 0 aromatic heterocycles. The molecule has 1 radical (unpaired) electrons. The summed E-state index contributed by atoms with van der Waals surface area (Å²) in [4.78, 5) is 0. The van der Waals surface area contributed by atoms with E-state index in [4.69, 9.17) is 0 Å². The third-order valence-corrected chi connectivity index (χ3v) is 2.79. The molecule has 0 heterocycles. The Labute approximate surface area is 115 Å². The van der Waals surface area contributed by atoms with Gasteiger partial charge < -0.3 is 5.11 Å². The number of phenols is 1. The van der Waals surface area contributed by atoms with Gasteiger partial charge in [0.25, 0.3) is 0 Å². The van der Waals surface area contributed by atoms with Crippen LogP contribution in [0.1, 0.15) is 51.0 Å². The van der Waals surface area contributed by atoms with Gasteiger partial charge in [-0.1, -0.05) is 57.2 Å². The van der Waals surface area contributed by atoms with Crippen LogP contribution in [0.3, 0.4) is 0 Å². The van der Waals surface area contributed by atoms with Gasteiger partial charge in [-0.2, -0.15) is 0 Å². The fourth-order valence-corrected chi connectivity index (χ4v) is 1.82. The molecule has 0 saturated carbocycles. The molecule has 0 aliphatic heterocycles. The van der Waals surface area contributed by atoms with Gasteiger partial charge in [0.1, 0.15) is 5.75 Å². The molecule has 0 amide bonds. The van der Waals surface area contributed by atoms with Crippen LogP contribution in [0.4, 0.5) is 0 Å². The second-order valence-corrected chi connectivity index (χ2v) is 4.15. The van der Waals surface area contributed by atoms with Crippen LogP contribution in [0.25, 0.3) is 0 Å². The minimum absolute atomic E-state index is 0. The summed E-state index contributed by atoms with van der Waals surface area (Å²) < 4.78 is 0. The molecule has 1 N–H and O–H groups in total. The maximum absolute atomic E-state index is 9.55. The van der Waals surface area contributed by atoms with Crippen LogP contribution in [0.5, 0.6) is 5.75 Å². The summed E-state index contributed by atoms with van der Waals surface area (Å²) in [7, 11) is 0. The molecule has 1 rings (SSSR count). The van der Waals surface area contributed by atoms with Crippen molar-refractivity contribution in [1.29, 1.82) is 0 Å². The third-order valence-electron chi connectivity index (χ3n) is 2.79. The predicted molar refractivity (Wildman–Crippen MR) is 65.2 cm³/mol. The molecule has 1 nitrogen and oxygen atoms in total. The van der Waals surface area contributed by atoms with Crippen molar-refractivity contribution in [3.05, 3.63) is 29.8 Å². The van der Waals surface area contributed by atoms with E-state index in [0.29, 0.717) is 5.75 Å². The summed E-state index contributed by atoms with van der Waals surface area (Å²) >= 11 is 0. The van der Waals surface area contributed by atoms with Gasteiger partial charge in [0.05, 0.1) is 0 Å². The average Bonchev–Trinajstić information content (AvgIpc) is 2.25. The van der Waals surface area contributed by atoms with Gasteiger partial charge >= 0.3 is 0 Å². The zero-order valence-electron chi connectivity index (χ0n) is 10.0. The fourth-order valence-electron chi connectivity index (χ4n) is 1.82. The molecular weight excluding hydrogens is 292 g/mol. The van der Waals surface area contributed by atoms with E-state index in [1.165, 1.54) is 38.5 Å². The van der Waals surface area contributed by atoms with Crippen LogP contribution in [-0.2, 0) is 28.8 Å². The molecule has 0 atom stereocenters. The van der Waals surface area contributed by atoms with Crippen molar-refractivity contribution in [3.63, 3.8) is 0 Å². The number of phenolic OH excluding ortho intramolecular Hbond substituents is 1. The summed E-state index contributed by atoms with van der Waals surface area (Å²) in [6, 6.07) is 7.65. The fraction of sp³-hybridized carbons (Fsp3) is 0.571.